The van der Waals surface area contributed by atoms with Gasteiger partial charge < -0.3 is 9.84 Å². The van der Waals surface area contributed by atoms with Gasteiger partial charge in [0.15, 0.2) is 0 Å². The number of carboxylic acid groups (broad SMARTS) is 1. The Morgan fingerprint density at radius 3 is 2.41 bits per heavy atom. The van der Waals surface area contributed by atoms with Crippen LogP contribution in [0.3, 0.4) is 0 Å². The van der Waals surface area contributed by atoms with Crippen LogP contribution in [0.2, 0.25) is 0 Å². The Bertz CT molecular complexity index is 380. The zero-order valence-electron chi connectivity index (χ0n) is 10.1. The first-order chi connectivity index (χ1) is 8.17. The van der Waals surface area contributed by atoms with Crippen molar-refractivity contribution in [3.05, 3.63) is 35.9 Å². The molecule has 0 amide bonds. The number of ether oxygens (including phenoxy) is 1. The van der Waals surface area contributed by atoms with Crippen LogP contribution in [-0.4, -0.2) is 24.3 Å². The zero-order chi connectivity index (χ0) is 12.3. The summed E-state index contributed by atoms with van der Waals surface area (Å²) in [5, 5.41) is 9.56. The standard InChI is InChI=1S/C14H18O3/c1-11(12-5-3-2-4-6-12)14(13(15)16)7-9-17-10-8-14/h2-6,11H,7-10H2,1H3,(H,15,16). The van der Waals surface area contributed by atoms with Gasteiger partial charge in [-0.25, -0.2) is 0 Å². The lowest BCUT2D eigenvalue weighted by Gasteiger charge is -2.38. The lowest BCUT2D eigenvalue weighted by Crippen LogP contribution is -2.41. The monoisotopic (exact) mass is 234 g/mol. The molecule has 0 aromatic heterocycles. The van der Waals surface area contributed by atoms with E-state index < -0.39 is 11.4 Å². The average Bonchev–Trinajstić information content (AvgIpc) is 2.39. The number of hydrogen-bond acceptors (Lipinski definition) is 2. The SMILES string of the molecule is CC(c1ccccc1)C1(C(=O)O)CCOCC1. The van der Waals surface area contributed by atoms with Crippen molar-refractivity contribution in [3.8, 4) is 0 Å². The van der Waals surface area contributed by atoms with Gasteiger partial charge >= 0.3 is 5.97 Å². The Morgan fingerprint density at radius 2 is 1.88 bits per heavy atom. The molecule has 1 aliphatic heterocycles. The fourth-order valence-corrected chi connectivity index (χ4v) is 2.63. The molecule has 0 spiro atoms. The van der Waals surface area contributed by atoms with E-state index in [2.05, 4.69) is 0 Å². The topological polar surface area (TPSA) is 46.5 Å². The van der Waals surface area contributed by atoms with E-state index in [-0.39, 0.29) is 5.92 Å². The molecular formula is C14H18O3. The second kappa shape index (κ2) is 4.88. The van der Waals surface area contributed by atoms with Crippen LogP contribution in [0.15, 0.2) is 30.3 Å². The average molecular weight is 234 g/mol. The first-order valence-electron chi connectivity index (χ1n) is 6.03. The van der Waals surface area contributed by atoms with Crippen molar-refractivity contribution in [1.82, 2.24) is 0 Å². The predicted octanol–water partition coefficient (Wildman–Crippen LogP) is 2.67. The molecule has 0 bridgehead atoms. The Balaban J connectivity index is 2.30. The highest BCUT2D eigenvalue weighted by molar-refractivity contribution is 5.76. The molecule has 1 fully saturated rings. The minimum Gasteiger partial charge on any atom is -0.481 e. The van der Waals surface area contributed by atoms with Gasteiger partial charge in [0.2, 0.25) is 0 Å². The summed E-state index contributed by atoms with van der Waals surface area (Å²) in [5.74, 6) is -0.678. The molecule has 0 saturated carbocycles. The van der Waals surface area contributed by atoms with E-state index in [1.54, 1.807) is 0 Å². The third kappa shape index (κ3) is 2.20. The van der Waals surface area contributed by atoms with Gasteiger partial charge in [0.25, 0.3) is 0 Å². The molecule has 3 heteroatoms. The van der Waals surface area contributed by atoms with Gasteiger partial charge in [-0.3, -0.25) is 4.79 Å². The van der Waals surface area contributed by atoms with Crippen LogP contribution in [0.1, 0.15) is 31.2 Å². The highest BCUT2D eigenvalue weighted by Gasteiger charge is 2.45. The smallest absolute Gasteiger partial charge is 0.310 e. The van der Waals surface area contributed by atoms with E-state index in [0.717, 1.165) is 5.56 Å². The van der Waals surface area contributed by atoms with Crippen LogP contribution in [0.5, 0.6) is 0 Å². The van der Waals surface area contributed by atoms with Gasteiger partial charge in [0.05, 0.1) is 5.41 Å². The second-order valence-corrected chi connectivity index (χ2v) is 4.71. The molecule has 1 N–H and O–H groups in total. The molecule has 92 valence electrons. The van der Waals surface area contributed by atoms with Gasteiger partial charge in [0, 0.05) is 13.2 Å². The molecule has 2 rings (SSSR count). The van der Waals surface area contributed by atoms with Crippen molar-refractivity contribution < 1.29 is 14.6 Å². The summed E-state index contributed by atoms with van der Waals surface area (Å²) in [7, 11) is 0. The summed E-state index contributed by atoms with van der Waals surface area (Å²) in [4.78, 5) is 11.6. The summed E-state index contributed by atoms with van der Waals surface area (Å²) in [6, 6.07) is 9.88. The van der Waals surface area contributed by atoms with E-state index in [9.17, 15) is 9.90 Å². The maximum Gasteiger partial charge on any atom is 0.310 e. The van der Waals surface area contributed by atoms with Crippen molar-refractivity contribution in [2.75, 3.05) is 13.2 Å². The van der Waals surface area contributed by atoms with Gasteiger partial charge in [-0.05, 0) is 24.3 Å². The fourth-order valence-electron chi connectivity index (χ4n) is 2.63. The third-order valence-corrected chi connectivity index (χ3v) is 3.94. The van der Waals surface area contributed by atoms with Crippen LogP contribution in [0.25, 0.3) is 0 Å². The van der Waals surface area contributed by atoms with E-state index in [4.69, 9.17) is 4.74 Å². The molecule has 1 atom stereocenters. The Labute approximate surface area is 101 Å². The molecule has 1 aromatic carbocycles. The van der Waals surface area contributed by atoms with Crippen LogP contribution >= 0.6 is 0 Å². The predicted molar refractivity (Wildman–Crippen MR) is 65.0 cm³/mol. The molecule has 1 unspecified atom stereocenters. The van der Waals surface area contributed by atoms with Crippen LogP contribution in [0.4, 0.5) is 0 Å². The minimum atomic E-state index is -0.697. The minimum absolute atomic E-state index is 0.0186. The first kappa shape index (κ1) is 12.1. The van der Waals surface area contributed by atoms with Crippen molar-refractivity contribution in [3.63, 3.8) is 0 Å². The number of carboxylic acids is 1. The quantitative estimate of drug-likeness (QED) is 0.874. The van der Waals surface area contributed by atoms with Gasteiger partial charge in [-0.2, -0.15) is 0 Å². The molecule has 0 aliphatic carbocycles. The summed E-state index contributed by atoms with van der Waals surface area (Å²) in [6.07, 6.45) is 1.19. The number of aliphatic carboxylic acids is 1. The van der Waals surface area contributed by atoms with Crippen molar-refractivity contribution in [2.45, 2.75) is 25.7 Å². The van der Waals surface area contributed by atoms with Crippen molar-refractivity contribution in [2.24, 2.45) is 5.41 Å². The highest BCUT2D eigenvalue weighted by atomic mass is 16.5. The first-order valence-corrected chi connectivity index (χ1v) is 6.03. The van der Waals surface area contributed by atoms with Gasteiger partial charge in [-0.15, -0.1) is 0 Å². The Hall–Kier alpha value is -1.35. The molecule has 1 heterocycles. The number of carbonyl (C=O) groups is 1. The van der Waals surface area contributed by atoms with E-state index >= 15 is 0 Å². The molecule has 17 heavy (non-hydrogen) atoms. The van der Waals surface area contributed by atoms with Crippen molar-refractivity contribution in [1.29, 1.82) is 0 Å². The van der Waals surface area contributed by atoms with Crippen LogP contribution in [0, 0.1) is 5.41 Å². The molecule has 1 aromatic rings. The van der Waals surface area contributed by atoms with Gasteiger partial charge in [-0.1, -0.05) is 37.3 Å². The maximum atomic E-state index is 11.6. The molecule has 3 nitrogen and oxygen atoms in total. The lowest BCUT2D eigenvalue weighted by atomic mass is 9.68. The van der Waals surface area contributed by atoms with Gasteiger partial charge in [0.1, 0.15) is 0 Å². The zero-order valence-corrected chi connectivity index (χ0v) is 10.1. The highest BCUT2D eigenvalue weighted by Crippen LogP contribution is 2.44. The summed E-state index contributed by atoms with van der Waals surface area (Å²) in [5.41, 5.74) is 0.427. The number of hydrogen-bond donors (Lipinski definition) is 1. The number of rotatable bonds is 3. The van der Waals surface area contributed by atoms with E-state index in [1.807, 2.05) is 37.3 Å². The fraction of sp³-hybridized carbons (Fsp3) is 0.500. The lowest BCUT2D eigenvalue weighted by molar-refractivity contribution is -0.156. The second-order valence-electron chi connectivity index (χ2n) is 4.71. The van der Waals surface area contributed by atoms with E-state index in [1.165, 1.54) is 0 Å². The third-order valence-electron chi connectivity index (χ3n) is 3.94. The van der Waals surface area contributed by atoms with E-state index in [0.29, 0.717) is 26.1 Å². The Kier molecular flexibility index (Phi) is 3.48. The molecule has 0 radical (unpaired) electrons. The normalized spacial score (nSPS) is 20.8. The summed E-state index contributed by atoms with van der Waals surface area (Å²) in [6.45, 7) is 3.10. The van der Waals surface area contributed by atoms with Crippen LogP contribution in [-0.2, 0) is 9.53 Å². The van der Waals surface area contributed by atoms with Crippen molar-refractivity contribution >= 4 is 5.97 Å². The number of benzene rings is 1. The summed E-state index contributed by atoms with van der Waals surface area (Å²) >= 11 is 0. The maximum absolute atomic E-state index is 11.6. The van der Waals surface area contributed by atoms with Crippen LogP contribution < -0.4 is 0 Å². The molecule has 1 saturated heterocycles. The molecular weight excluding hydrogens is 216 g/mol. The summed E-state index contributed by atoms with van der Waals surface area (Å²) < 4.78 is 5.30. The largest absolute Gasteiger partial charge is 0.481 e. The Morgan fingerprint density at radius 1 is 1.29 bits per heavy atom. The molecule has 1 aliphatic rings.